The maximum Gasteiger partial charge on any atom is 0.238 e. The molecule has 0 bridgehead atoms. The van der Waals surface area contributed by atoms with Crippen LogP contribution in [0.2, 0.25) is 0 Å². The molecule has 1 heterocycles. The van der Waals surface area contributed by atoms with E-state index in [1.807, 2.05) is 18.2 Å². The fourth-order valence-electron chi connectivity index (χ4n) is 2.10. The van der Waals surface area contributed by atoms with Gasteiger partial charge in [0.2, 0.25) is 5.88 Å². The van der Waals surface area contributed by atoms with E-state index in [0.29, 0.717) is 12.4 Å². The molecule has 0 aliphatic heterocycles. The van der Waals surface area contributed by atoms with Crippen molar-refractivity contribution in [3.05, 3.63) is 48.2 Å². The van der Waals surface area contributed by atoms with Crippen molar-refractivity contribution in [2.45, 2.75) is 24.9 Å². The Bertz CT molecular complexity index is 585. The van der Waals surface area contributed by atoms with Crippen LogP contribution < -0.4 is 10.1 Å². The van der Waals surface area contributed by atoms with Crippen LogP contribution in [0.4, 0.5) is 0 Å². The molecule has 110 valence electrons. The van der Waals surface area contributed by atoms with Crippen LogP contribution in [-0.2, 0) is 6.42 Å². The molecule has 1 fully saturated rings. The van der Waals surface area contributed by atoms with Gasteiger partial charge in [0.15, 0.2) is 0 Å². The average molecular weight is 285 g/mol. The van der Waals surface area contributed by atoms with Gasteiger partial charge >= 0.3 is 0 Å². The molecular formula is C16H19N3O2. The van der Waals surface area contributed by atoms with Crippen LogP contribution in [0.1, 0.15) is 18.4 Å². The van der Waals surface area contributed by atoms with Crippen molar-refractivity contribution in [3.8, 4) is 11.6 Å². The molecule has 0 saturated heterocycles. The van der Waals surface area contributed by atoms with E-state index in [-0.39, 0.29) is 0 Å². The molecule has 5 nitrogen and oxygen atoms in total. The van der Waals surface area contributed by atoms with E-state index in [0.717, 1.165) is 31.6 Å². The largest absolute Gasteiger partial charge is 0.438 e. The number of aliphatic hydroxyl groups is 1. The Morgan fingerprint density at radius 3 is 2.90 bits per heavy atom. The Morgan fingerprint density at radius 2 is 2.14 bits per heavy atom. The molecule has 2 N–H and O–H groups in total. The minimum atomic E-state index is -0.434. The summed E-state index contributed by atoms with van der Waals surface area (Å²) in [4.78, 5) is 0. The molecule has 1 aromatic heterocycles. The second-order valence-corrected chi connectivity index (χ2v) is 5.46. The molecule has 1 saturated carbocycles. The Balaban J connectivity index is 1.50. The van der Waals surface area contributed by atoms with Gasteiger partial charge in [0.25, 0.3) is 0 Å². The third-order valence-corrected chi connectivity index (χ3v) is 3.54. The van der Waals surface area contributed by atoms with Crippen LogP contribution in [0.15, 0.2) is 42.6 Å². The number of hydrogen-bond acceptors (Lipinski definition) is 5. The van der Waals surface area contributed by atoms with Crippen LogP contribution >= 0.6 is 0 Å². The SMILES string of the molecule is OC1(CNCCc2cccc(Oc3cccnn3)c2)CC1. The van der Waals surface area contributed by atoms with E-state index in [2.05, 4.69) is 21.6 Å². The molecular weight excluding hydrogens is 266 g/mol. The summed E-state index contributed by atoms with van der Waals surface area (Å²) in [7, 11) is 0. The lowest BCUT2D eigenvalue weighted by molar-refractivity contribution is 0.148. The number of rotatable bonds is 7. The molecule has 3 rings (SSSR count). The molecule has 21 heavy (non-hydrogen) atoms. The third-order valence-electron chi connectivity index (χ3n) is 3.54. The number of aromatic nitrogens is 2. The minimum absolute atomic E-state index is 0.434. The molecule has 5 heteroatoms. The van der Waals surface area contributed by atoms with E-state index in [1.54, 1.807) is 18.3 Å². The van der Waals surface area contributed by atoms with Crippen LogP contribution in [0, 0.1) is 0 Å². The van der Waals surface area contributed by atoms with Gasteiger partial charge in [-0.15, -0.1) is 5.10 Å². The zero-order valence-electron chi connectivity index (χ0n) is 11.8. The van der Waals surface area contributed by atoms with Gasteiger partial charge in [0.05, 0.1) is 5.60 Å². The smallest absolute Gasteiger partial charge is 0.238 e. The lowest BCUT2D eigenvalue weighted by Crippen LogP contribution is -2.29. The van der Waals surface area contributed by atoms with Crippen molar-refractivity contribution in [2.24, 2.45) is 0 Å². The van der Waals surface area contributed by atoms with E-state index in [1.165, 1.54) is 5.56 Å². The Hall–Kier alpha value is -1.98. The van der Waals surface area contributed by atoms with Crippen molar-refractivity contribution in [1.82, 2.24) is 15.5 Å². The van der Waals surface area contributed by atoms with Gasteiger partial charge in [-0.05, 0) is 49.6 Å². The maximum absolute atomic E-state index is 9.74. The Kier molecular flexibility index (Phi) is 4.13. The van der Waals surface area contributed by atoms with Crippen molar-refractivity contribution in [1.29, 1.82) is 0 Å². The lowest BCUT2D eigenvalue weighted by atomic mass is 10.1. The minimum Gasteiger partial charge on any atom is -0.438 e. The van der Waals surface area contributed by atoms with E-state index in [4.69, 9.17) is 4.74 Å². The standard InChI is InChI=1S/C16H19N3O2/c20-16(7-8-16)12-17-10-6-13-3-1-4-14(11-13)21-15-5-2-9-18-19-15/h1-5,9,11,17,20H,6-8,10,12H2. The first-order chi connectivity index (χ1) is 10.2. The van der Waals surface area contributed by atoms with Gasteiger partial charge < -0.3 is 15.2 Å². The highest BCUT2D eigenvalue weighted by molar-refractivity contribution is 5.31. The summed E-state index contributed by atoms with van der Waals surface area (Å²) in [6.45, 7) is 1.53. The number of benzene rings is 1. The van der Waals surface area contributed by atoms with Gasteiger partial charge in [0, 0.05) is 18.8 Å². The zero-order chi connectivity index (χ0) is 14.5. The van der Waals surface area contributed by atoms with Gasteiger partial charge in [-0.25, -0.2) is 0 Å². The van der Waals surface area contributed by atoms with Crippen molar-refractivity contribution < 1.29 is 9.84 Å². The van der Waals surface area contributed by atoms with E-state index >= 15 is 0 Å². The molecule has 0 spiro atoms. The predicted molar refractivity (Wildman–Crippen MR) is 79.3 cm³/mol. The van der Waals surface area contributed by atoms with E-state index in [9.17, 15) is 5.11 Å². The molecule has 1 aromatic carbocycles. The molecule has 0 unspecified atom stereocenters. The summed E-state index contributed by atoms with van der Waals surface area (Å²) < 4.78 is 5.66. The second-order valence-electron chi connectivity index (χ2n) is 5.46. The first-order valence-corrected chi connectivity index (χ1v) is 7.21. The first kappa shape index (κ1) is 14.0. The topological polar surface area (TPSA) is 67.3 Å². The zero-order valence-corrected chi connectivity index (χ0v) is 11.8. The summed E-state index contributed by atoms with van der Waals surface area (Å²) in [5, 5.41) is 20.7. The first-order valence-electron chi connectivity index (χ1n) is 7.21. The van der Waals surface area contributed by atoms with Gasteiger partial charge in [0.1, 0.15) is 5.75 Å². The number of nitrogens with one attached hydrogen (secondary N) is 1. The van der Waals surface area contributed by atoms with Crippen LogP contribution in [-0.4, -0.2) is 34.0 Å². The number of hydrogen-bond donors (Lipinski definition) is 2. The summed E-state index contributed by atoms with van der Waals surface area (Å²) in [6, 6.07) is 11.5. The van der Waals surface area contributed by atoms with Crippen LogP contribution in [0.25, 0.3) is 0 Å². The number of ether oxygens (including phenoxy) is 1. The van der Waals surface area contributed by atoms with Crippen LogP contribution in [0.5, 0.6) is 11.6 Å². The molecule has 1 aliphatic rings. The summed E-state index contributed by atoms with van der Waals surface area (Å²) in [5.41, 5.74) is 0.753. The number of nitrogens with zero attached hydrogens (tertiary/aromatic N) is 2. The fraction of sp³-hybridized carbons (Fsp3) is 0.375. The van der Waals surface area contributed by atoms with Crippen LogP contribution in [0.3, 0.4) is 0 Å². The highest BCUT2D eigenvalue weighted by Gasteiger charge is 2.39. The summed E-state index contributed by atoms with van der Waals surface area (Å²) >= 11 is 0. The molecule has 0 atom stereocenters. The second kappa shape index (κ2) is 6.20. The highest BCUT2D eigenvalue weighted by Crippen LogP contribution is 2.33. The van der Waals surface area contributed by atoms with Gasteiger partial charge in [-0.2, -0.15) is 5.10 Å². The quantitative estimate of drug-likeness (QED) is 0.761. The normalized spacial score (nSPS) is 15.7. The van der Waals surface area contributed by atoms with Crippen molar-refractivity contribution >= 4 is 0 Å². The maximum atomic E-state index is 9.74. The summed E-state index contributed by atoms with van der Waals surface area (Å²) in [5.74, 6) is 1.25. The lowest BCUT2D eigenvalue weighted by Gasteiger charge is -2.10. The summed E-state index contributed by atoms with van der Waals surface area (Å²) in [6.07, 6.45) is 4.35. The predicted octanol–water partition coefficient (Wildman–Crippen LogP) is 1.93. The van der Waals surface area contributed by atoms with E-state index < -0.39 is 5.60 Å². The third kappa shape index (κ3) is 4.24. The van der Waals surface area contributed by atoms with Crippen molar-refractivity contribution in [3.63, 3.8) is 0 Å². The van der Waals surface area contributed by atoms with Gasteiger partial charge in [-0.3, -0.25) is 0 Å². The highest BCUT2D eigenvalue weighted by atomic mass is 16.5. The van der Waals surface area contributed by atoms with Crippen molar-refractivity contribution in [2.75, 3.05) is 13.1 Å². The Morgan fingerprint density at radius 1 is 1.24 bits per heavy atom. The molecule has 0 amide bonds. The molecule has 2 aromatic rings. The molecule has 0 radical (unpaired) electrons. The molecule has 1 aliphatic carbocycles. The monoisotopic (exact) mass is 285 g/mol. The average Bonchev–Trinajstić information content (AvgIpc) is 3.23. The Labute approximate surface area is 124 Å². The van der Waals surface area contributed by atoms with Gasteiger partial charge in [-0.1, -0.05) is 12.1 Å². The fourth-order valence-corrected chi connectivity index (χ4v) is 2.10.